The van der Waals surface area contributed by atoms with Crippen LogP contribution in [-0.4, -0.2) is 107 Å². The molecule has 1 aliphatic rings. The topological polar surface area (TPSA) is 353 Å². The van der Waals surface area contributed by atoms with Gasteiger partial charge in [-0.15, -0.1) is 0 Å². The van der Waals surface area contributed by atoms with Crippen molar-refractivity contribution in [1.82, 2.24) is 4.57 Å². The van der Waals surface area contributed by atoms with Crippen molar-refractivity contribution in [2.75, 3.05) is 0 Å². The van der Waals surface area contributed by atoms with Crippen LogP contribution in [0.4, 0.5) is 0 Å². The Labute approximate surface area is 289 Å². The molecule has 15 N–H and O–H groups in total. The summed E-state index contributed by atoms with van der Waals surface area (Å²) in [6.45, 7) is 6.40. The lowest BCUT2D eigenvalue weighted by Crippen LogP contribution is -2.41. The van der Waals surface area contributed by atoms with E-state index in [0.29, 0.717) is 0 Å². The van der Waals surface area contributed by atoms with Gasteiger partial charge in [-0.25, -0.2) is 0 Å². The van der Waals surface area contributed by atoms with Crippen LogP contribution in [0.1, 0.15) is 27.7 Å². The number of hydrogen-bond donors (Lipinski definition) is 15. The number of phenols is 15. The third-order valence-electron chi connectivity index (χ3n) is 9.34. The van der Waals surface area contributed by atoms with E-state index in [1.807, 2.05) is 0 Å². The standard InChI is InChI=1S/C30H29B2NO19/c1-29(2)30(3,4)52-32(51-29)8-18(40)20(42)9(21(43)19(8)41)33-10-12(34)5(6-13(35)16(38)7(31)17(39)14(6)36)15(37)25(47)27(10)49-50-28-11(33)22(44)23(45)24(46)26(28)48/h34-48H,31H2,1-4H3. The highest BCUT2D eigenvalue weighted by Crippen LogP contribution is 2.59. The number of aromatic hydroxyl groups is 15. The van der Waals surface area contributed by atoms with Gasteiger partial charge in [0, 0.05) is 5.46 Å². The number of benzene rings is 4. The van der Waals surface area contributed by atoms with Crippen molar-refractivity contribution in [1.29, 1.82) is 0 Å². The van der Waals surface area contributed by atoms with Crippen LogP contribution in [-0.2, 0) is 9.31 Å². The van der Waals surface area contributed by atoms with Gasteiger partial charge in [0.1, 0.15) is 24.6 Å². The maximum absolute atomic E-state index is 11.8. The van der Waals surface area contributed by atoms with Crippen LogP contribution in [0.3, 0.4) is 0 Å². The molecule has 0 aliphatic carbocycles. The molecule has 1 aromatic heterocycles. The zero-order chi connectivity index (χ0) is 38.8. The largest absolute Gasteiger partial charge is 0.505 e. The summed E-state index contributed by atoms with van der Waals surface area (Å²) < 4.78 is 21.8. The zero-order valence-corrected chi connectivity index (χ0v) is 27.4. The number of hydrogen-bond acceptors (Lipinski definition) is 19. The van der Waals surface area contributed by atoms with Gasteiger partial charge in [-0.1, -0.05) is 0 Å². The van der Waals surface area contributed by atoms with Gasteiger partial charge < -0.3 is 85.9 Å². The Morgan fingerprint density at radius 3 is 1.27 bits per heavy atom. The second-order valence-electron chi connectivity index (χ2n) is 12.8. The highest BCUT2D eigenvalue weighted by Gasteiger charge is 2.54. The van der Waals surface area contributed by atoms with Gasteiger partial charge in [-0.3, -0.25) is 13.7 Å². The fourth-order valence-electron chi connectivity index (χ4n) is 5.72. The van der Waals surface area contributed by atoms with E-state index in [2.05, 4.69) is 0 Å². The van der Waals surface area contributed by atoms with Crippen molar-refractivity contribution < 1.29 is 95.1 Å². The monoisotopic (exact) mass is 729 g/mol. The lowest BCUT2D eigenvalue weighted by atomic mass is 9.76. The number of phenolic OH excluding ortho intramolecular Hbond substituents is 15. The molecule has 0 amide bonds. The number of fused-ring (bicyclic) bond motifs is 2. The van der Waals surface area contributed by atoms with Crippen LogP contribution in [0.15, 0.2) is 9.15 Å². The Morgan fingerprint density at radius 2 is 0.808 bits per heavy atom. The molecule has 1 saturated heterocycles. The molecule has 1 fully saturated rings. The summed E-state index contributed by atoms with van der Waals surface area (Å²) >= 11 is 0. The summed E-state index contributed by atoms with van der Waals surface area (Å²) in [7, 11) is -0.612. The molecule has 0 saturated carbocycles. The minimum Gasteiger partial charge on any atom is -0.505 e. The molecule has 4 aromatic carbocycles. The second kappa shape index (κ2) is 10.9. The van der Waals surface area contributed by atoms with Crippen molar-refractivity contribution in [3.8, 4) is 103 Å². The first-order chi connectivity index (χ1) is 24.0. The van der Waals surface area contributed by atoms with Gasteiger partial charge in [0.15, 0.2) is 63.2 Å². The number of nitrogens with zero attached hydrogens (tertiary/aromatic N) is 1. The highest BCUT2D eigenvalue weighted by molar-refractivity contribution is 6.64. The molecule has 20 nitrogen and oxygen atoms in total. The highest BCUT2D eigenvalue weighted by atomic mass is 17.0. The molecule has 0 radical (unpaired) electrons. The Balaban J connectivity index is 1.90. The van der Waals surface area contributed by atoms with E-state index < -0.39 is 155 Å². The van der Waals surface area contributed by atoms with Crippen molar-refractivity contribution in [2.24, 2.45) is 0 Å². The molecular formula is C30H29B2NO19. The van der Waals surface area contributed by atoms with Crippen LogP contribution >= 0.6 is 0 Å². The van der Waals surface area contributed by atoms with Gasteiger partial charge in [-0.05, 0) is 27.7 Å². The second-order valence-corrected chi connectivity index (χ2v) is 12.8. The smallest absolute Gasteiger partial charge is 0.502 e. The fourth-order valence-corrected chi connectivity index (χ4v) is 5.72. The van der Waals surface area contributed by atoms with Crippen LogP contribution in [0.5, 0.6) is 86.2 Å². The van der Waals surface area contributed by atoms with Crippen molar-refractivity contribution in [2.45, 2.75) is 38.9 Å². The van der Waals surface area contributed by atoms with Crippen molar-refractivity contribution in [3.63, 3.8) is 0 Å². The normalized spacial score (nSPS) is 15.1. The van der Waals surface area contributed by atoms with E-state index in [4.69, 9.17) is 18.5 Å². The molecule has 5 aromatic rings. The van der Waals surface area contributed by atoms with E-state index in [-0.39, 0.29) is 4.57 Å². The fraction of sp³-hybridized carbons (Fsp3) is 0.200. The van der Waals surface area contributed by atoms with Gasteiger partial charge in [-0.2, -0.15) is 0 Å². The Kier molecular flexibility index (Phi) is 7.38. The lowest BCUT2D eigenvalue weighted by Gasteiger charge is -2.32. The van der Waals surface area contributed by atoms with E-state index in [0.717, 1.165) is 7.85 Å². The molecule has 0 unspecified atom stereocenters. The molecule has 22 heteroatoms. The van der Waals surface area contributed by atoms with Crippen molar-refractivity contribution in [3.05, 3.63) is 0 Å². The third kappa shape index (κ3) is 4.37. The van der Waals surface area contributed by atoms with E-state index >= 15 is 0 Å². The van der Waals surface area contributed by atoms with Crippen LogP contribution in [0, 0.1) is 0 Å². The molecular weight excluding hydrogens is 700 g/mol. The maximum Gasteiger partial charge on any atom is 0.502 e. The van der Waals surface area contributed by atoms with Gasteiger partial charge in [0.25, 0.3) is 11.2 Å². The van der Waals surface area contributed by atoms with Crippen LogP contribution < -0.4 is 10.9 Å². The molecule has 2 heterocycles. The number of rotatable bonds is 3. The Bertz CT molecular complexity index is 2380. The molecule has 0 atom stereocenters. The summed E-state index contributed by atoms with van der Waals surface area (Å²) in [5, 5.41) is 165. The molecule has 0 spiro atoms. The predicted octanol–water partition coefficient (Wildman–Crippen LogP) is 0.903. The van der Waals surface area contributed by atoms with Crippen LogP contribution in [0.2, 0.25) is 0 Å². The van der Waals surface area contributed by atoms with E-state index in [1.54, 1.807) is 27.7 Å². The van der Waals surface area contributed by atoms with E-state index in [9.17, 15) is 76.6 Å². The maximum atomic E-state index is 11.8. The quantitative estimate of drug-likeness (QED) is 0.0531. The Hall–Kier alpha value is -6.67. The molecule has 52 heavy (non-hydrogen) atoms. The minimum atomic E-state index is -1.67. The van der Waals surface area contributed by atoms with Crippen molar-refractivity contribution >= 4 is 48.1 Å². The lowest BCUT2D eigenvalue weighted by molar-refractivity contribution is 0.00578. The van der Waals surface area contributed by atoms with Gasteiger partial charge >= 0.3 is 7.12 Å². The molecule has 6 rings (SSSR count). The molecule has 274 valence electrons. The summed E-state index contributed by atoms with van der Waals surface area (Å²) in [6.07, 6.45) is 0. The summed E-state index contributed by atoms with van der Waals surface area (Å²) in [5.41, 5.74) is -12.0. The summed E-state index contributed by atoms with van der Waals surface area (Å²) in [5.74, 6) is -20.6. The zero-order valence-electron chi connectivity index (χ0n) is 27.4. The van der Waals surface area contributed by atoms with Gasteiger partial charge in [0.05, 0.1) is 27.8 Å². The molecule has 1 aliphatic heterocycles. The average molecular weight is 729 g/mol. The SMILES string of the molecule is Bc1c(O)c(O)c(-c2c(O)c(O)c3ooc4c(O)c(O)c(O)c(O)c4n(-c4c(O)c(O)c(B5OC(C)(C)C(C)(C)O5)c(O)c4O)c3c2O)c(O)c1O. The van der Waals surface area contributed by atoms with Gasteiger partial charge in [0.2, 0.25) is 23.0 Å². The van der Waals surface area contributed by atoms with Crippen LogP contribution in [0.25, 0.3) is 39.0 Å². The summed E-state index contributed by atoms with van der Waals surface area (Å²) in [6, 6.07) is 0. The first kappa shape index (κ1) is 35.2. The predicted molar refractivity (Wildman–Crippen MR) is 177 cm³/mol. The Morgan fingerprint density at radius 1 is 0.442 bits per heavy atom. The van der Waals surface area contributed by atoms with E-state index in [1.165, 1.54) is 0 Å². The number of aromatic nitrogens is 1. The first-order valence-electron chi connectivity index (χ1n) is 14.8. The average Bonchev–Trinajstić information content (AvgIpc) is 3.18. The third-order valence-corrected chi connectivity index (χ3v) is 9.34. The minimum absolute atomic E-state index is 0.171. The summed E-state index contributed by atoms with van der Waals surface area (Å²) in [4.78, 5) is 0. The molecule has 0 bridgehead atoms. The first-order valence-corrected chi connectivity index (χ1v) is 14.8.